The maximum absolute atomic E-state index is 13.8. The zero-order chi connectivity index (χ0) is 27.0. The Hall–Kier alpha value is -2.82. The summed E-state index contributed by atoms with van der Waals surface area (Å²) in [5.41, 5.74) is 0.340. The molecule has 2 atom stereocenters. The molecule has 2 aliphatic rings. The van der Waals surface area contributed by atoms with Crippen LogP contribution in [0.15, 0.2) is 36.5 Å². The molecule has 1 aromatic heterocycles. The number of carbonyl (C=O) groups is 1. The van der Waals surface area contributed by atoms with Crippen LogP contribution in [0.4, 0.5) is 26.3 Å². The molecule has 2 aromatic rings. The topological polar surface area (TPSA) is 54.5 Å². The van der Waals surface area contributed by atoms with Crippen LogP contribution in [-0.4, -0.2) is 34.7 Å². The maximum Gasteiger partial charge on any atom is 0.573 e. The lowest BCUT2D eigenvalue weighted by molar-refractivity contribution is -0.274. The van der Waals surface area contributed by atoms with Gasteiger partial charge < -0.3 is 15.0 Å². The predicted octanol–water partition coefficient (Wildman–Crippen LogP) is 5.87. The van der Waals surface area contributed by atoms with E-state index in [1.54, 1.807) is 17.0 Å². The number of aromatic nitrogens is 1. The summed E-state index contributed by atoms with van der Waals surface area (Å²) in [5.74, 6) is -0.322. The van der Waals surface area contributed by atoms with E-state index in [0.717, 1.165) is 24.2 Å². The molecule has 2 heterocycles. The molecule has 0 bridgehead atoms. The first-order valence-corrected chi connectivity index (χ1v) is 12.2. The molecule has 1 aliphatic carbocycles. The molecule has 0 spiro atoms. The van der Waals surface area contributed by atoms with Crippen LogP contribution < -0.4 is 10.1 Å². The number of pyridine rings is 1. The van der Waals surface area contributed by atoms with Crippen LogP contribution in [0.3, 0.4) is 0 Å². The SMILES string of the molecule is CC(C)[C@]1(C(=O)N2CCc3ncc(C(F)(F)F)cc3C2)CC[C@@H](NCc2ccc(OC(F)(F)F)cc2)C1. The standard InChI is InChI=1S/C26H29F6N3O2/c1-16(2)24(23(36)35-10-8-22-18(15-35)11-19(14-34-22)25(27,28)29)9-7-20(12-24)33-13-17-3-5-21(6-4-17)37-26(30,31)32/h3-6,11,14,16,20,33H,7-10,12-13,15H2,1-2H3/t20-,24+/m1/s1. The Balaban J connectivity index is 1.40. The molecular formula is C26H29F6N3O2. The molecule has 1 aromatic carbocycles. The average molecular weight is 530 g/mol. The molecule has 5 nitrogen and oxygen atoms in total. The fourth-order valence-electron chi connectivity index (χ4n) is 5.36. The van der Waals surface area contributed by atoms with Gasteiger partial charge in [-0.25, -0.2) is 0 Å². The molecule has 1 N–H and O–H groups in total. The van der Waals surface area contributed by atoms with Crippen molar-refractivity contribution in [3.8, 4) is 5.75 Å². The smallest absolute Gasteiger partial charge is 0.406 e. The van der Waals surface area contributed by atoms with E-state index in [9.17, 15) is 31.1 Å². The van der Waals surface area contributed by atoms with Gasteiger partial charge in [0.05, 0.1) is 11.0 Å². The second-order valence-corrected chi connectivity index (χ2v) is 10.1. The van der Waals surface area contributed by atoms with Crippen molar-refractivity contribution in [2.24, 2.45) is 11.3 Å². The summed E-state index contributed by atoms with van der Waals surface area (Å²) >= 11 is 0. The van der Waals surface area contributed by atoms with Crippen LogP contribution in [0.25, 0.3) is 0 Å². The summed E-state index contributed by atoms with van der Waals surface area (Å²) in [7, 11) is 0. The third kappa shape index (κ3) is 6.19. The van der Waals surface area contributed by atoms with Gasteiger partial charge >= 0.3 is 12.5 Å². The number of halogens is 6. The van der Waals surface area contributed by atoms with Crippen LogP contribution >= 0.6 is 0 Å². The summed E-state index contributed by atoms with van der Waals surface area (Å²) < 4.78 is 80.5. The highest BCUT2D eigenvalue weighted by molar-refractivity contribution is 5.83. The number of hydrogen-bond acceptors (Lipinski definition) is 4. The Morgan fingerprint density at radius 2 is 1.89 bits per heavy atom. The second-order valence-electron chi connectivity index (χ2n) is 10.1. The minimum Gasteiger partial charge on any atom is -0.406 e. The Bertz CT molecular complexity index is 1120. The normalized spacial score (nSPS) is 22.3. The van der Waals surface area contributed by atoms with E-state index in [-0.39, 0.29) is 30.2 Å². The van der Waals surface area contributed by atoms with Gasteiger partial charge in [0.25, 0.3) is 0 Å². The van der Waals surface area contributed by atoms with Crippen molar-refractivity contribution < 1.29 is 35.9 Å². The van der Waals surface area contributed by atoms with Crippen molar-refractivity contribution >= 4 is 5.91 Å². The van der Waals surface area contributed by atoms with Crippen molar-refractivity contribution in [1.82, 2.24) is 15.2 Å². The lowest BCUT2D eigenvalue weighted by Gasteiger charge is -2.39. The summed E-state index contributed by atoms with van der Waals surface area (Å²) in [6.07, 6.45) is -6.04. The number of nitrogens with zero attached hydrogens (tertiary/aromatic N) is 2. The number of carbonyl (C=O) groups excluding carboxylic acids is 1. The molecule has 0 unspecified atom stereocenters. The van der Waals surface area contributed by atoms with Gasteiger partial charge in [0.15, 0.2) is 0 Å². The van der Waals surface area contributed by atoms with Crippen molar-refractivity contribution in [3.63, 3.8) is 0 Å². The molecule has 37 heavy (non-hydrogen) atoms. The number of benzene rings is 1. The first-order valence-electron chi connectivity index (χ1n) is 12.2. The molecular weight excluding hydrogens is 500 g/mol. The van der Waals surface area contributed by atoms with E-state index in [2.05, 4.69) is 15.0 Å². The maximum atomic E-state index is 13.8. The van der Waals surface area contributed by atoms with Gasteiger partial charge in [-0.2, -0.15) is 13.2 Å². The molecule has 1 saturated carbocycles. The molecule has 1 fully saturated rings. The molecule has 0 saturated heterocycles. The summed E-state index contributed by atoms with van der Waals surface area (Å²) in [4.78, 5) is 19.4. The second kappa shape index (κ2) is 10.2. The highest BCUT2D eigenvalue weighted by Gasteiger charge is 2.49. The number of rotatable bonds is 6. The lowest BCUT2D eigenvalue weighted by atomic mass is 9.74. The van der Waals surface area contributed by atoms with E-state index < -0.39 is 23.5 Å². The molecule has 4 rings (SSSR count). The van der Waals surface area contributed by atoms with Crippen molar-refractivity contribution in [2.75, 3.05) is 6.54 Å². The third-order valence-corrected chi connectivity index (χ3v) is 7.49. The summed E-state index contributed by atoms with van der Waals surface area (Å²) in [6.45, 7) is 4.90. The number of hydrogen-bond donors (Lipinski definition) is 1. The van der Waals surface area contributed by atoms with Crippen LogP contribution in [0.1, 0.15) is 55.5 Å². The lowest BCUT2D eigenvalue weighted by Crippen LogP contribution is -2.48. The van der Waals surface area contributed by atoms with Gasteiger partial charge in [0.2, 0.25) is 5.91 Å². The van der Waals surface area contributed by atoms with Gasteiger partial charge in [0.1, 0.15) is 5.75 Å². The van der Waals surface area contributed by atoms with E-state index in [1.165, 1.54) is 12.1 Å². The third-order valence-electron chi connectivity index (χ3n) is 7.49. The van der Waals surface area contributed by atoms with E-state index >= 15 is 0 Å². The number of nitrogens with one attached hydrogen (secondary N) is 1. The molecule has 0 radical (unpaired) electrons. The van der Waals surface area contributed by atoms with Gasteiger partial charge in [-0.05, 0) is 54.5 Å². The largest absolute Gasteiger partial charge is 0.573 e. The summed E-state index contributed by atoms with van der Waals surface area (Å²) in [6, 6.07) is 6.74. The minimum absolute atomic E-state index is 0.0200. The predicted molar refractivity (Wildman–Crippen MR) is 123 cm³/mol. The fourth-order valence-corrected chi connectivity index (χ4v) is 5.36. The van der Waals surface area contributed by atoms with Crippen LogP contribution in [0, 0.1) is 11.3 Å². The molecule has 202 valence electrons. The summed E-state index contributed by atoms with van der Waals surface area (Å²) in [5, 5.41) is 3.40. The Morgan fingerprint density at radius 3 is 2.51 bits per heavy atom. The Morgan fingerprint density at radius 1 is 1.19 bits per heavy atom. The first-order chi connectivity index (χ1) is 17.3. The van der Waals surface area contributed by atoms with Crippen molar-refractivity contribution in [1.29, 1.82) is 0 Å². The number of ether oxygens (including phenoxy) is 1. The highest BCUT2D eigenvalue weighted by atomic mass is 19.4. The Labute approximate surface area is 211 Å². The van der Waals surface area contributed by atoms with E-state index in [4.69, 9.17) is 0 Å². The minimum atomic E-state index is -4.75. The van der Waals surface area contributed by atoms with Crippen molar-refractivity contribution in [3.05, 3.63) is 58.9 Å². The van der Waals surface area contributed by atoms with Crippen LogP contribution in [0.5, 0.6) is 5.75 Å². The van der Waals surface area contributed by atoms with Gasteiger partial charge in [-0.15, -0.1) is 13.2 Å². The van der Waals surface area contributed by atoms with Gasteiger partial charge in [-0.1, -0.05) is 26.0 Å². The van der Waals surface area contributed by atoms with E-state index in [1.807, 2.05) is 13.8 Å². The van der Waals surface area contributed by atoms with Crippen LogP contribution in [-0.2, 0) is 30.5 Å². The van der Waals surface area contributed by atoms with Gasteiger partial charge in [0, 0.05) is 44.0 Å². The molecule has 1 amide bonds. The van der Waals surface area contributed by atoms with E-state index in [0.29, 0.717) is 43.6 Å². The quantitative estimate of drug-likeness (QED) is 0.476. The zero-order valence-corrected chi connectivity index (χ0v) is 20.5. The zero-order valence-electron chi connectivity index (χ0n) is 20.5. The van der Waals surface area contributed by atoms with Crippen molar-refractivity contribution in [2.45, 2.75) is 71.2 Å². The Kier molecular flexibility index (Phi) is 7.47. The number of amides is 1. The first kappa shape index (κ1) is 27.2. The number of fused-ring (bicyclic) bond motifs is 1. The van der Waals surface area contributed by atoms with Gasteiger partial charge in [-0.3, -0.25) is 9.78 Å². The highest BCUT2D eigenvalue weighted by Crippen LogP contribution is 2.46. The number of alkyl halides is 6. The monoisotopic (exact) mass is 529 g/mol. The van der Waals surface area contributed by atoms with Crippen LogP contribution in [0.2, 0.25) is 0 Å². The molecule has 11 heteroatoms. The fraction of sp³-hybridized carbons (Fsp3) is 0.538. The molecule has 1 aliphatic heterocycles. The average Bonchev–Trinajstić information content (AvgIpc) is 3.27.